The van der Waals surface area contributed by atoms with Crippen molar-refractivity contribution >= 4 is 17.9 Å². The van der Waals surface area contributed by atoms with Crippen LogP contribution in [0.2, 0.25) is 0 Å². The van der Waals surface area contributed by atoms with Crippen molar-refractivity contribution in [3.8, 4) is 0 Å². The van der Waals surface area contributed by atoms with Crippen LogP contribution in [0.4, 0.5) is 4.79 Å². The molecule has 0 aromatic carbocycles. The Morgan fingerprint density at radius 3 is 2.44 bits per heavy atom. The highest BCUT2D eigenvalue weighted by atomic mass is 16.6. The van der Waals surface area contributed by atoms with Gasteiger partial charge in [-0.2, -0.15) is 0 Å². The molecule has 0 fully saturated rings. The maximum Gasteiger partial charge on any atom is 0.407 e. The first kappa shape index (κ1) is 16.2. The second kappa shape index (κ2) is 7.52. The number of carbonyl (C=O) groups excluding carboxylic acids is 2. The molecule has 0 atom stereocenters. The van der Waals surface area contributed by atoms with Crippen molar-refractivity contribution in [3.63, 3.8) is 0 Å². The molecule has 0 rings (SSSR count). The highest BCUT2D eigenvalue weighted by molar-refractivity contribution is 5.77. The Hall–Kier alpha value is -1.79. The van der Waals surface area contributed by atoms with Gasteiger partial charge in [-0.05, 0) is 27.2 Å². The zero-order chi connectivity index (χ0) is 14.2. The van der Waals surface area contributed by atoms with Crippen molar-refractivity contribution < 1.29 is 19.1 Å². The quantitative estimate of drug-likeness (QED) is 0.282. The summed E-state index contributed by atoms with van der Waals surface area (Å²) in [6.45, 7) is 5.11. The molecule has 4 N–H and O–H groups in total. The van der Waals surface area contributed by atoms with E-state index in [2.05, 4.69) is 10.1 Å². The van der Waals surface area contributed by atoms with Crippen LogP contribution in [0.25, 0.3) is 0 Å². The van der Waals surface area contributed by atoms with Crippen LogP contribution in [-0.4, -0.2) is 36.7 Å². The first-order valence-corrected chi connectivity index (χ1v) is 5.66. The first-order valence-electron chi connectivity index (χ1n) is 5.66. The van der Waals surface area contributed by atoms with Crippen molar-refractivity contribution in [3.05, 3.63) is 0 Å². The van der Waals surface area contributed by atoms with E-state index in [-0.39, 0.29) is 5.84 Å². The lowest BCUT2D eigenvalue weighted by Crippen LogP contribution is -2.31. The molecule has 0 spiro atoms. The number of esters is 1. The van der Waals surface area contributed by atoms with Gasteiger partial charge in [0.05, 0.1) is 5.84 Å². The average Bonchev–Trinajstić information content (AvgIpc) is 2.19. The van der Waals surface area contributed by atoms with Gasteiger partial charge in [0.15, 0.2) is 6.61 Å². The Kier molecular flexibility index (Phi) is 6.77. The number of alkyl carbamates (subject to hydrolysis) is 1. The van der Waals surface area contributed by atoms with E-state index in [1.807, 2.05) is 0 Å². The number of nitrogens with two attached hydrogens (primary N) is 1. The minimum Gasteiger partial charge on any atom is -0.457 e. The highest BCUT2D eigenvalue weighted by Crippen LogP contribution is 2.06. The second-order valence-corrected chi connectivity index (χ2v) is 4.72. The van der Waals surface area contributed by atoms with Crippen molar-refractivity contribution in [1.29, 1.82) is 5.41 Å². The molecule has 0 aliphatic heterocycles. The standard InChI is InChI=1S/C11H21N3O4/c1-11(2,3)18-9(15)7-17-10(16)14-6-4-5-8(12)13/h4-7H2,1-3H3,(H3,12,13)(H,14,16). The monoisotopic (exact) mass is 259 g/mol. The van der Waals surface area contributed by atoms with Crippen LogP contribution in [0.15, 0.2) is 0 Å². The lowest BCUT2D eigenvalue weighted by atomic mass is 10.2. The summed E-state index contributed by atoms with van der Waals surface area (Å²) in [4.78, 5) is 22.3. The summed E-state index contributed by atoms with van der Waals surface area (Å²) in [6, 6.07) is 0. The molecule has 0 bridgehead atoms. The van der Waals surface area contributed by atoms with Gasteiger partial charge in [0.2, 0.25) is 0 Å². The second-order valence-electron chi connectivity index (χ2n) is 4.72. The maximum atomic E-state index is 11.2. The number of hydrogen-bond acceptors (Lipinski definition) is 5. The third-order valence-corrected chi connectivity index (χ3v) is 1.63. The van der Waals surface area contributed by atoms with Crippen molar-refractivity contribution in [2.45, 2.75) is 39.2 Å². The number of carbonyl (C=O) groups is 2. The van der Waals surface area contributed by atoms with E-state index in [9.17, 15) is 9.59 Å². The molecule has 0 heterocycles. The first-order chi connectivity index (χ1) is 8.20. The molecule has 0 unspecified atom stereocenters. The summed E-state index contributed by atoms with van der Waals surface area (Å²) >= 11 is 0. The predicted molar refractivity (Wildman–Crippen MR) is 66.3 cm³/mol. The number of rotatable bonds is 6. The number of nitrogens with one attached hydrogen (secondary N) is 2. The van der Waals surface area contributed by atoms with Gasteiger partial charge in [0.1, 0.15) is 5.60 Å². The summed E-state index contributed by atoms with van der Waals surface area (Å²) in [5.74, 6) is -0.527. The van der Waals surface area contributed by atoms with Gasteiger partial charge < -0.3 is 20.5 Å². The number of ether oxygens (including phenoxy) is 2. The molecule has 0 aromatic heterocycles. The molecule has 0 saturated heterocycles. The Bertz CT molecular complexity index is 310. The molecule has 0 saturated carbocycles. The maximum absolute atomic E-state index is 11.2. The fraction of sp³-hybridized carbons (Fsp3) is 0.727. The van der Waals surface area contributed by atoms with E-state index in [1.54, 1.807) is 20.8 Å². The Balaban J connectivity index is 3.64. The van der Waals surface area contributed by atoms with E-state index < -0.39 is 24.3 Å². The Labute approximate surface area is 107 Å². The zero-order valence-corrected chi connectivity index (χ0v) is 11.0. The van der Waals surface area contributed by atoms with Gasteiger partial charge >= 0.3 is 12.1 Å². The highest BCUT2D eigenvalue weighted by Gasteiger charge is 2.17. The van der Waals surface area contributed by atoms with E-state index in [1.165, 1.54) is 0 Å². The van der Waals surface area contributed by atoms with Crippen LogP contribution in [0, 0.1) is 5.41 Å². The van der Waals surface area contributed by atoms with E-state index in [0.717, 1.165) is 0 Å². The molecule has 0 aliphatic carbocycles. The van der Waals surface area contributed by atoms with Gasteiger partial charge in [-0.3, -0.25) is 5.41 Å². The lowest BCUT2D eigenvalue weighted by Gasteiger charge is -2.19. The summed E-state index contributed by atoms with van der Waals surface area (Å²) in [5, 5.41) is 9.41. The molecule has 0 radical (unpaired) electrons. The molecular formula is C11H21N3O4. The molecule has 7 nitrogen and oxygen atoms in total. The van der Waals surface area contributed by atoms with Crippen molar-refractivity contribution in [2.75, 3.05) is 13.2 Å². The summed E-state index contributed by atoms with van der Waals surface area (Å²) in [5.41, 5.74) is 4.55. The molecular weight excluding hydrogens is 238 g/mol. The van der Waals surface area contributed by atoms with Crippen molar-refractivity contribution in [2.24, 2.45) is 5.73 Å². The Morgan fingerprint density at radius 1 is 1.33 bits per heavy atom. The Morgan fingerprint density at radius 2 is 1.94 bits per heavy atom. The van der Waals surface area contributed by atoms with Gasteiger partial charge in [-0.15, -0.1) is 0 Å². The summed E-state index contributed by atoms with van der Waals surface area (Å²) in [6.07, 6.45) is 0.271. The van der Waals surface area contributed by atoms with Gasteiger partial charge in [0, 0.05) is 13.0 Å². The van der Waals surface area contributed by atoms with E-state index >= 15 is 0 Å². The minimum atomic E-state index is -0.690. The molecule has 0 aromatic rings. The topological polar surface area (TPSA) is 114 Å². The van der Waals surface area contributed by atoms with Crippen LogP contribution in [0.1, 0.15) is 33.6 Å². The van der Waals surface area contributed by atoms with Gasteiger partial charge in [-0.1, -0.05) is 0 Å². The molecule has 1 amide bonds. The zero-order valence-electron chi connectivity index (χ0n) is 11.0. The van der Waals surface area contributed by atoms with Crippen LogP contribution < -0.4 is 11.1 Å². The fourth-order valence-corrected chi connectivity index (χ4v) is 1.02. The van der Waals surface area contributed by atoms with Crippen molar-refractivity contribution in [1.82, 2.24) is 5.32 Å². The average molecular weight is 259 g/mol. The van der Waals surface area contributed by atoms with Crippen LogP contribution >= 0.6 is 0 Å². The third-order valence-electron chi connectivity index (χ3n) is 1.63. The number of hydrogen-bond donors (Lipinski definition) is 3. The third kappa shape index (κ3) is 10.7. The molecule has 104 valence electrons. The molecule has 7 heteroatoms. The van der Waals surface area contributed by atoms with Crippen LogP contribution in [0.5, 0.6) is 0 Å². The largest absolute Gasteiger partial charge is 0.457 e. The number of amides is 1. The smallest absolute Gasteiger partial charge is 0.407 e. The number of amidine groups is 1. The summed E-state index contributed by atoms with van der Waals surface area (Å²) in [7, 11) is 0. The SMILES string of the molecule is CC(C)(C)OC(=O)COC(=O)NCCCC(=N)N. The molecule has 0 aliphatic rings. The van der Waals surface area contributed by atoms with Gasteiger partial charge in [0.25, 0.3) is 0 Å². The van der Waals surface area contributed by atoms with Gasteiger partial charge in [-0.25, -0.2) is 9.59 Å². The molecule has 18 heavy (non-hydrogen) atoms. The predicted octanol–water partition coefficient (Wildman–Crippen LogP) is 0.770. The minimum absolute atomic E-state index is 0.0684. The van der Waals surface area contributed by atoms with E-state index in [0.29, 0.717) is 19.4 Å². The normalized spacial score (nSPS) is 10.6. The summed E-state index contributed by atoms with van der Waals surface area (Å²) < 4.78 is 9.60. The lowest BCUT2D eigenvalue weighted by molar-refractivity contribution is -0.158. The fourth-order valence-electron chi connectivity index (χ4n) is 1.02. The van der Waals surface area contributed by atoms with E-state index in [4.69, 9.17) is 15.9 Å². The van der Waals surface area contributed by atoms with Crippen LogP contribution in [0.3, 0.4) is 0 Å². The van der Waals surface area contributed by atoms with Crippen LogP contribution in [-0.2, 0) is 14.3 Å².